The predicted molar refractivity (Wildman–Crippen MR) is 197 cm³/mol. The average Bonchev–Trinajstić information content (AvgIpc) is 3.08. The molecular weight excluding hydrogens is 592 g/mol. The molecule has 0 fully saturated rings. The summed E-state index contributed by atoms with van der Waals surface area (Å²) < 4.78 is 11.7. The van der Waals surface area contributed by atoms with Crippen molar-refractivity contribution >= 4 is 17.7 Å². The first-order valence-electron chi connectivity index (χ1n) is 17.7. The standard InChI is InChI=1S/C33H56N4O5.C5H12/c1-6-29(5)37-33(19-13-11-10-12-14-22-34-30(38)7-2,20-15-25-41-27-17-23-35-31(39)8-3)21-16-26-42-28-18-24-36-32(40)9-4;1-3-5-4-2/h6-9,37H,1-5,10-28H2,(H,34,38)(H,35,39)(H,36,40);3-5H2,1-2H3. The SMILES string of the molecule is C=CC(=C)NC(CCCCCCCNC(=O)C=C)(CCCOCCCNC(=O)C=C)CCCOCCCNC(=O)C=C.CCCCC. The van der Waals surface area contributed by atoms with Crippen molar-refractivity contribution in [2.45, 2.75) is 116 Å². The lowest BCUT2D eigenvalue weighted by Gasteiger charge is -2.37. The summed E-state index contributed by atoms with van der Waals surface area (Å²) in [5, 5.41) is 12.0. The van der Waals surface area contributed by atoms with Gasteiger partial charge in [0, 0.05) is 57.3 Å². The quantitative estimate of drug-likeness (QED) is 0.0357. The molecule has 0 bridgehead atoms. The zero-order valence-electron chi connectivity index (χ0n) is 29.9. The molecule has 0 aromatic heterocycles. The second-order valence-electron chi connectivity index (χ2n) is 11.6. The molecule has 47 heavy (non-hydrogen) atoms. The highest BCUT2D eigenvalue weighted by Crippen LogP contribution is 2.28. The zero-order chi connectivity index (χ0) is 35.4. The summed E-state index contributed by atoms with van der Waals surface area (Å²) in [6, 6.07) is 0. The van der Waals surface area contributed by atoms with E-state index >= 15 is 0 Å². The molecule has 0 rings (SSSR count). The number of carbonyl (C=O) groups excluding carboxylic acids is 3. The molecule has 0 atom stereocenters. The molecule has 0 radical (unpaired) electrons. The molecule has 3 amide bonds. The van der Waals surface area contributed by atoms with Crippen molar-refractivity contribution in [2.24, 2.45) is 0 Å². The van der Waals surface area contributed by atoms with Crippen LogP contribution in [-0.2, 0) is 23.9 Å². The number of rotatable bonds is 32. The Kier molecular flexibility index (Phi) is 33.4. The number of hydrogen-bond acceptors (Lipinski definition) is 6. The minimum atomic E-state index is -0.170. The molecule has 0 aliphatic heterocycles. The van der Waals surface area contributed by atoms with Gasteiger partial charge in [0.05, 0.1) is 0 Å². The lowest BCUT2D eigenvalue weighted by Crippen LogP contribution is -2.44. The van der Waals surface area contributed by atoms with Gasteiger partial charge in [-0.2, -0.15) is 0 Å². The van der Waals surface area contributed by atoms with Gasteiger partial charge in [0.1, 0.15) is 0 Å². The third-order valence-electron chi connectivity index (χ3n) is 7.48. The molecule has 0 unspecified atom stereocenters. The lowest BCUT2D eigenvalue weighted by molar-refractivity contribution is -0.117. The molecule has 0 heterocycles. The number of unbranched alkanes of at least 4 members (excludes halogenated alkanes) is 6. The fourth-order valence-electron chi connectivity index (χ4n) is 4.86. The number of hydrogen-bond donors (Lipinski definition) is 4. The summed E-state index contributed by atoms with van der Waals surface area (Å²) in [4.78, 5) is 33.8. The Balaban J connectivity index is 0. The van der Waals surface area contributed by atoms with E-state index < -0.39 is 0 Å². The molecule has 0 aromatic rings. The van der Waals surface area contributed by atoms with Crippen LogP contribution in [0.5, 0.6) is 0 Å². The van der Waals surface area contributed by atoms with Crippen LogP contribution in [0, 0.1) is 0 Å². The Morgan fingerprint density at radius 3 is 1.32 bits per heavy atom. The van der Waals surface area contributed by atoms with Gasteiger partial charge in [-0.05, 0) is 75.7 Å². The third kappa shape index (κ3) is 31.2. The van der Waals surface area contributed by atoms with Gasteiger partial charge >= 0.3 is 0 Å². The van der Waals surface area contributed by atoms with Crippen molar-refractivity contribution in [3.8, 4) is 0 Å². The van der Waals surface area contributed by atoms with Crippen molar-refractivity contribution in [2.75, 3.05) is 46.1 Å². The summed E-state index contributed by atoms with van der Waals surface area (Å²) in [6.07, 6.45) is 21.1. The molecule has 9 nitrogen and oxygen atoms in total. The van der Waals surface area contributed by atoms with Crippen LogP contribution in [0.3, 0.4) is 0 Å². The van der Waals surface area contributed by atoms with Crippen LogP contribution >= 0.6 is 0 Å². The van der Waals surface area contributed by atoms with Gasteiger partial charge < -0.3 is 30.7 Å². The van der Waals surface area contributed by atoms with Crippen LogP contribution in [0.4, 0.5) is 0 Å². The normalized spacial score (nSPS) is 10.5. The maximum absolute atomic E-state index is 11.3. The molecular formula is C38H68N4O5. The fourth-order valence-corrected chi connectivity index (χ4v) is 4.86. The maximum atomic E-state index is 11.3. The van der Waals surface area contributed by atoms with E-state index in [9.17, 15) is 14.4 Å². The topological polar surface area (TPSA) is 118 Å². The van der Waals surface area contributed by atoms with Crippen molar-refractivity contribution in [3.63, 3.8) is 0 Å². The van der Waals surface area contributed by atoms with Gasteiger partial charge in [0.15, 0.2) is 0 Å². The predicted octanol–water partition coefficient (Wildman–Crippen LogP) is 6.83. The van der Waals surface area contributed by atoms with Crippen molar-refractivity contribution in [1.29, 1.82) is 0 Å². The first-order valence-corrected chi connectivity index (χ1v) is 17.7. The van der Waals surface area contributed by atoms with Gasteiger partial charge in [0.25, 0.3) is 0 Å². The zero-order valence-corrected chi connectivity index (χ0v) is 29.9. The highest BCUT2D eigenvalue weighted by Gasteiger charge is 2.28. The largest absolute Gasteiger partial charge is 0.381 e. The Morgan fingerprint density at radius 2 is 0.915 bits per heavy atom. The highest BCUT2D eigenvalue weighted by molar-refractivity contribution is 5.87. The number of allylic oxidation sites excluding steroid dienone is 1. The third-order valence-corrected chi connectivity index (χ3v) is 7.48. The summed E-state index contributed by atoms with van der Waals surface area (Å²) >= 11 is 0. The van der Waals surface area contributed by atoms with Crippen LogP contribution in [0.15, 0.2) is 62.9 Å². The fraction of sp³-hybridized carbons (Fsp3) is 0.658. The molecule has 0 saturated carbocycles. The molecule has 0 saturated heterocycles. The molecule has 9 heteroatoms. The van der Waals surface area contributed by atoms with E-state index in [0.29, 0.717) is 46.1 Å². The Bertz CT molecular complexity index is 784. The van der Waals surface area contributed by atoms with Gasteiger partial charge in [-0.1, -0.05) is 91.7 Å². The van der Waals surface area contributed by atoms with Crippen molar-refractivity contribution in [1.82, 2.24) is 21.3 Å². The van der Waals surface area contributed by atoms with Crippen LogP contribution in [0.2, 0.25) is 0 Å². The van der Waals surface area contributed by atoms with Crippen LogP contribution in [-0.4, -0.2) is 69.3 Å². The van der Waals surface area contributed by atoms with Crippen molar-refractivity contribution < 1.29 is 23.9 Å². The summed E-state index contributed by atoms with van der Waals surface area (Å²) in [5.41, 5.74) is 0.664. The molecule has 0 aliphatic carbocycles. The first kappa shape index (κ1) is 46.0. The smallest absolute Gasteiger partial charge is 0.243 e. The van der Waals surface area contributed by atoms with Crippen molar-refractivity contribution in [3.05, 3.63) is 62.9 Å². The van der Waals surface area contributed by atoms with E-state index in [1.807, 2.05) is 0 Å². The van der Waals surface area contributed by atoms with Crippen LogP contribution < -0.4 is 21.3 Å². The first-order chi connectivity index (χ1) is 22.7. The average molecular weight is 661 g/mol. The molecule has 0 spiro atoms. The van der Waals surface area contributed by atoms with E-state index in [-0.39, 0.29) is 23.3 Å². The lowest BCUT2D eigenvalue weighted by atomic mass is 9.82. The number of amides is 3. The van der Waals surface area contributed by atoms with Gasteiger partial charge in [0.2, 0.25) is 17.7 Å². The second kappa shape index (κ2) is 34.2. The summed E-state index contributed by atoms with van der Waals surface area (Å²) in [7, 11) is 0. The van der Waals surface area contributed by atoms with E-state index in [4.69, 9.17) is 9.47 Å². The second-order valence-corrected chi connectivity index (χ2v) is 11.6. The van der Waals surface area contributed by atoms with Gasteiger partial charge in [-0.25, -0.2) is 0 Å². The van der Waals surface area contributed by atoms with Gasteiger partial charge in [-0.15, -0.1) is 0 Å². The Morgan fingerprint density at radius 1 is 0.532 bits per heavy atom. The summed E-state index contributed by atoms with van der Waals surface area (Å²) in [5.74, 6) is -0.465. The Hall–Kier alpha value is -3.17. The number of carbonyl (C=O) groups is 3. The summed E-state index contributed by atoms with van der Waals surface area (Å²) in [6.45, 7) is 27.1. The van der Waals surface area contributed by atoms with Crippen LogP contribution in [0.25, 0.3) is 0 Å². The maximum Gasteiger partial charge on any atom is 0.243 e. The number of ether oxygens (including phenoxy) is 2. The molecule has 4 N–H and O–H groups in total. The minimum Gasteiger partial charge on any atom is -0.381 e. The van der Waals surface area contributed by atoms with E-state index in [2.05, 4.69) is 68.0 Å². The van der Waals surface area contributed by atoms with Gasteiger partial charge in [-0.3, -0.25) is 14.4 Å². The highest BCUT2D eigenvalue weighted by atomic mass is 16.5. The Labute approximate surface area is 287 Å². The monoisotopic (exact) mass is 661 g/mol. The minimum absolute atomic E-state index is 0.125. The van der Waals surface area contributed by atoms with E-state index in [1.54, 1.807) is 6.08 Å². The molecule has 0 aliphatic rings. The molecule has 270 valence electrons. The molecule has 0 aromatic carbocycles. The van der Waals surface area contributed by atoms with E-state index in [1.165, 1.54) is 37.5 Å². The van der Waals surface area contributed by atoms with E-state index in [0.717, 1.165) is 82.7 Å². The number of nitrogens with one attached hydrogen (secondary N) is 4. The van der Waals surface area contributed by atoms with Crippen LogP contribution in [0.1, 0.15) is 110 Å².